The molecule has 0 aliphatic carbocycles. The first-order valence-electron chi connectivity index (χ1n) is 5.81. The molecular formula is C12H14N2O3S. The van der Waals surface area contributed by atoms with Crippen LogP contribution in [0.3, 0.4) is 0 Å². The molecule has 3 atom stereocenters. The van der Waals surface area contributed by atoms with Crippen molar-refractivity contribution >= 4 is 17.9 Å². The number of benzene rings is 1. The van der Waals surface area contributed by atoms with Gasteiger partial charge in [-0.1, -0.05) is 30.3 Å². The Kier molecular flexibility index (Phi) is 2.93. The van der Waals surface area contributed by atoms with Gasteiger partial charge in [0.1, 0.15) is 0 Å². The van der Waals surface area contributed by atoms with E-state index in [0.717, 1.165) is 17.9 Å². The molecule has 1 amide bonds. The van der Waals surface area contributed by atoms with E-state index in [2.05, 4.69) is 10.6 Å². The van der Waals surface area contributed by atoms with Gasteiger partial charge in [-0.3, -0.25) is 10.6 Å². The molecule has 3 unspecified atom stereocenters. The van der Waals surface area contributed by atoms with Gasteiger partial charge in [0.2, 0.25) is 5.72 Å². The Morgan fingerprint density at radius 1 is 1.50 bits per heavy atom. The summed E-state index contributed by atoms with van der Waals surface area (Å²) in [5, 5.41) is 14.7. The molecule has 2 fully saturated rings. The van der Waals surface area contributed by atoms with Crippen LogP contribution in [0.1, 0.15) is 10.8 Å². The lowest BCUT2D eigenvalue weighted by atomic mass is 10.0. The second kappa shape index (κ2) is 4.46. The Hall–Kier alpha value is -1.24. The van der Waals surface area contributed by atoms with E-state index in [9.17, 15) is 4.79 Å². The van der Waals surface area contributed by atoms with E-state index < -0.39 is 11.8 Å². The summed E-state index contributed by atoms with van der Waals surface area (Å²) in [5.41, 5.74) is 0.261. The first-order chi connectivity index (χ1) is 8.72. The molecule has 2 saturated heterocycles. The summed E-state index contributed by atoms with van der Waals surface area (Å²) in [6.07, 6.45) is -1.28. The predicted octanol–water partition coefficient (Wildman–Crippen LogP) is 1.38. The van der Waals surface area contributed by atoms with E-state index in [1.165, 1.54) is 0 Å². The van der Waals surface area contributed by atoms with Crippen molar-refractivity contribution in [2.24, 2.45) is 0 Å². The minimum atomic E-state index is -1.05. The number of nitrogens with one attached hydrogen (secondary N) is 2. The van der Waals surface area contributed by atoms with E-state index in [1.54, 1.807) is 11.8 Å². The molecule has 18 heavy (non-hydrogen) atoms. The molecule has 0 radical (unpaired) electrons. The molecule has 2 aliphatic heterocycles. The van der Waals surface area contributed by atoms with Gasteiger partial charge >= 0.3 is 6.09 Å². The second-order valence-electron chi connectivity index (χ2n) is 4.34. The van der Waals surface area contributed by atoms with Crippen LogP contribution in [0.2, 0.25) is 0 Å². The SMILES string of the molecule is O=C(O)NC12OC1NCCSC2c1ccccc1. The predicted molar refractivity (Wildman–Crippen MR) is 68.4 cm³/mol. The number of epoxide rings is 1. The largest absolute Gasteiger partial charge is 0.465 e. The molecule has 2 heterocycles. The van der Waals surface area contributed by atoms with Crippen LogP contribution >= 0.6 is 11.8 Å². The van der Waals surface area contributed by atoms with Gasteiger partial charge in [0, 0.05) is 12.3 Å². The van der Waals surface area contributed by atoms with Gasteiger partial charge in [0.25, 0.3) is 0 Å². The summed E-state index contributed by atoms with van der Waals surface area (Å²) in [6, 6.07) is 9.88. The summed E-state index contributed by atoms with van der Waals surface area (Å²) in [4.78, 5) is 11.0. The Morgan fingerprint density at radius 2 is 2.28 bits per heavy atom. The summed E-state index contributed by atoms with van der Waals surface area (Å²) in [6.45, 7) is 0.821. The van der Waals surface area contributed by atoms with Crippen LogP contribution in [0.25, 0.3) is 0 Å². The van der Waals surface area contributed by atoms with Crippen LogP contribution in [0.5, 0.6) is 0 Å². The molecule has 0 bridgehead atoms. The molecule has 0 saturated carbocycles. The van der Waals surface area contributed by atoms with Crippen LogP contribution in [0, 0.1) is 0 Å². The van der Waals surface area contributed by atoms with E-state index in [4.69, 9.17) is 9.84 Å². The molecule has 1 aromatic rings. The molecule has 96 valence electrons. The highest BCUT2D eigenvalue weighted by atomic mass is 32.2. The monoisotopic (exact) mass is 266 g/mol. The van der Waals surface area contributed by atoms with Crippen LogP contribution in [-0.4, -0.2) is 35.5 Å². The third-order valence-electron chi connectivity index (χ3n) is 3.16. The first kappa shape index (κ1) is 11.8. The van der Waals surface area contributed by atoms with Gasteiger partial charge < -0.3 is 9.84 Å². The second-order valence-corrected chi connectivity index (χ2v) is 5.55. The zero-order chi connectivity index (χ0) is 12.6. The van der Waals surface area contributed by atoms with E-state index in [-0.39, 0.29) is 11.5 Å². The van der Waals surface area contributed by atoms with Crippen molar-refractivity contribution in [3.63, 3.8) is 0 Å². The van der Waals surface area contributed by atoms with Crippen molar-refractivity contribution in [3.8, 4) is 0 Å². The number of hydrogen-bond acceptors (Lipinski definition) is 4. The number of hydrogen-bond donors (Lipinski definition) is 3. The first-order valence-corrected chi connectivity index (χ1v) is 6.86. The lowest BCUT2D eigenvalue weighted by Gasteiger charge is -2.23. The number of carboxylic acid groups (broad SMARTS) is 1. The summed E-state index contributed by atoms with van der Waals surface area (Å²) >= 11 is 1.71. The number of fused-ring (bicyclic) bond motifs is 1. The molecule has 0 spiro atoms. The van der Waals surface area contributed by atoms with Crippen LogP contribution in [-0.2, 0) is 4.74 Å². The summed E-state index contributed by atoms with van der Waals surface area (Å²) in [5.74, 6) is 0.933. The van der Waals surface area contributed by atoms with Gasteiger partial charge in [0.15, 0.2) is 6.23 Å². The fraction of sp³-hybridized carbons (Fsp3) is 0.417. The van der Waals surface area contributed by atoms with E-state index >= 15 is 0 Å². The van der Waals surface area contributed by atoms with Crippen LogP contribution < -0.4 is 10.6 Å². The van der Waals surface area contributed by atoms with Gasteiger partial charge in [-0.15, -0.1) is 11.8 Å². The minimum Gasteiger partial charge on any atom is -0.465 e. The quantitative estimate of drug-likeness (QED) is 0.705. The zero-order valence-electron chi connectivity index (χ0n) is 9.63. The van der Waals surface area contributed by atoms with Crippen molar-refractivity contribution in [2.45, 2.75) is 17.2 Å². The van der Waals surface area contributed by atoms with Crippen LogP contribution in [0.4, 0.5) is 4.79 Å². The molecule has 6 heteroatoms. The number of ether oxygens (including phenoxy) is 1. The average Bonchev–Trinajstić information content (AvgIpc) is 3.03. The van der Waals surface area contributed by atoms with Crippen molar-refractivity contribution in [1.29, 1.82) is 0 Å². The lowest BCUT2D eigenvalue weighted by molar-refractivity contribution is 0.169. The number of carbonyl (C=O) groups is 1. The van der Waals surface area contributed by atoms with E-state index in [0.29, 0.717) is 0 Å². The van der Waals surface area contributed by atoms with Gasteiger partial charge in [0.05, 0.1) is 5.25 Å². The molecule has 1 aromatic carbocycles. The average molecular weight is 266 g/mol. The van der Waals surface area contributed by atoms with E-state index in [1.807, 2.05) is 30.3 Å². The van der Waals surface area contributed by atoms with Gasteiger partial charge in [-0.2, -0.15) is 0 Å². The highest BCUT2D eigenvalue weighted by Crippen LogP contribution is 2.51. The fourth-order valence-corrected chi connectivity index (χ4v) is 3.65. The molecule has 3 N–H and O–H groups in total. The number of rotatable bonds is 2. The zero-order valence-corrected chi connectivity index (χ0v) is 10.4. The maximum absolute atomic E-state index is 11.0. The topological polar surface area (TPSA) is 73.9 Å². The van der Waals surface area contributed by atoms with Gasteiger partial charge in [-0.25, -0.2) is 4.79 Å². The van der Waals surface area contributed by atoms with Gasteiger partial charge in [-0.05, 0) is 5.56 Å². The highest BCUT2D eigenvalue weighted by Gasteiger charge is 2.64. The molecule has 2 aliphatic rings. The maximum atomic E-state index is 11.0. The normalized spacial score (nSPS) is 34.2. The van der Waals surface area contributed by atoms with Crippen molar-refractivity contribution in [1.82, 2.24) is 10.6 Å². The molecule has 0 aromatic heterocycles. The Bertz CT molecular complexity index is 456. The Labute approximate surface area is 109 Å². The maximum Gasteiger partial charge on any atom is 0.407 e. The van der Waals surface area contributed by atoms with Crippen molar-refractivity contribution in [3.05, 3.63) is 35.9 Å². The Balaban J connectivity index is 1.92. The lowest BCUT2D eigenvalue weighted by Crippen LogP contribution is -2.44. The Morgan fingerprint density at radius 3 is 3.00 bits per heavy atom. The highest BCUT2D eigenvalue weighted by molar-refractivity contribution is 7.99. The third kappa shape index (κ3) is 1.96. The molecule has 5 nitrogen and oxygen atoms in total. The number of thioether (sulfide) groups is 1. The standard InChI is InChI=1S/C12H14N2O3S/c15-11(16)14-12-9(8-4-2-1-3-5-8)18-7-6-13-10(12)17-12/h1-5,9-10,13-14H,6-7H2,(H,15,16). The van der Waals surface area contributed by atoms with Crippen LogP contribution in [0.15, 0.2) is 30.3 Å². The smallest absolute Gasteiger partial charge is 0.407 e. The fourth-order valence-electron chi connectivity index (χ4n) is 2.34. The minimum absolute atomic E-state index is 0.0187. The van der Waals surface area contributed by atoms with Crippen molar-refractivity contribution < 1.29 is 14.6 Å². The summed E-state index contributed by atoms with van der Waals surface area (Å²) < 4.78 is 5.60. The molecular weight excluding hydrogens is 252 g/mol. The summed E-state index contributed by atoms with van der Waals surface area (Å²) in [7, 11) is 0. The molecule has 3 rings (SSSR count). The third-order valence-corrected chi connectivity index (χ3v) is 4.55. The van der Waals surface area contributed by atoms with Crippen molar-refractivity contribution in [2.75, 3.05) is 12.3 Å². The number of amides is 1.